The summed E-state index contributed by atoms with van der Waals surface area (Å²) in [5, 5.41) is 2.95. The Morgan fingerprint density at radius 3 is 2.82 bits per heavy atom. The summed E-state index contributed by atoms with van der Waals surface area (Å²) in [5.74, 6) is 0.721. The zero-order valence-electron chi connectivity index (χ0n) is 10.1. The molecule has 0 radical (unpaired) electrons. The van der Waals surface area contributed by atoms with Gasteiger partial charge in [0.15, 0.2) is 0 Å². The van der Waals surface area contributed by atoms with E-state index < -0.39 is 0 Å². The van der Waals surface area contributed by atoms with Gasteiger partial charge >= 0.3 is 0 Å². The van der Waals surface area contributed by atoms with Crippen molar-refractivity contribution in [3.63, 3.8) is 0 Å². The van der Waals surface area contributed by atoms with Crippen LogP contribution in [0.25, 0.3) is 0 Å². The summed E-state index contributed by atoms with van der Waals surface area (Å²) in [5.41, 5.74) is 7.47. The lowest BCUT2D eigenvalue weighted by molar-refractivity contribution is -0.117. The van der Waals surface area contributed by atoms with Crippen molar-refractivity contribution in [3.05, 3.63) is 29.8 Å². The average Bonchev–Trinajstić information content (AvgIpc) is 2.82. The standard InChI is InChI=1S/C14H20N2O/c15-10-12-6-3-7-13(8-12)16-14(17)9-11-4-1-2-5-11/h3,6-8,11H,1-2,4-5,9-10,15H2,(H,16,17). The first-order valence-corrected chi connectivity index (χ1v) is 6.37. The van der Waals surface area contributed by atoms with Crippen LogP contribution in [-0.4, -0.2) is 5.91 Å². The zero-order valence-corrected chi connectivity index (χ0v) is 10.1. The number of benzene rings is 1. The Labute approximate surface area is 102 Å². The highest BCUT2D eigenvalue weighted by Gasteiger charge is 2.18. The fraction of sp³-hybridized carbons (Fsp3) is 0.500. The van der Waals surface area contributed by atoms with Crippen LogP contribution < -0.4 is 11.1 Å². The minimum absolute atomic E-state index is 0.131. The van der Waals surface area contributed by atoms with Gasteiger partial charge in [0.1, 0.15) is 0 Å². The minimum Gasteiger partial charge on any atom is -0.326 e. The van der Waals surface area contributed by atoms with Crippen LogP contribution in [0.3, 0.4) is 0 Å². The van der Waals surface area contributed by atoms with Crippen LogP contribution in [-0.2, 0) is 11.3 Å². The van der Waals surface area contributed by atoms with Gasteiger partial charge in [-0.05, 0) is 36.5 Å². The highest BCUT2D eigenvalue weighted by Crippen LogP contribution is 2.27. The Bertz CT molecular complexity index is 384. The van der Waals surface area contributed by atoms with E-state index in [4.69, 9.17) is 5.73 Å². The monoisotopic (exact) mass is 232 g/mol. The van der Waals surface area contributed by atoms with Crippen molar-refractivity contribution in [2.45, 2.75) is 38.6 Å². The first-order chi connectivity index (χ1) is 8.28. The van der Waals surface area contributed by atoms with Gasteiger partial charge in [0.25, 0.3) is 0 Å². The van der Waals surface area contributed by atoms with E-state index in [1.807, 2.05) is 24.3 Å². The maximum Gasteiger partial charge on any atom is 0.224 e. The van der Waals surface area contributed by atoms with E-state index >= 15 is 0 Å². The predicted molar refractivity (Wildman–Crippen MR) is 69.5 cm³/mol. The first-order valence-electron chi connectivity index (χ1n) is 6.37. The van der Waals surface area contributed by atoms with Crippen molar-refractivity contribution in [2.75, 3.05) is 5.32 Å². The van der Waals surface area contributed by atoms with Gasteiger partial charge in [0, 0.05) is 18.7 Å². The van der Waals surface area contributed by atoms with Crippen LogP contribution in [0.2, 0.25) is 0 Å². The van der Waals surface area contributed by atoms with Gasteiger partial charge in [0.2, 0.25) is 5.91 Å². The maximum atomic E-state index is 11.8. The number of carbonyl (C=O) groups is 1. The summed E-state index contributed by atoms with van der Waals surface area (Å²) in [4.78, 5) is 11.8. The van der Waals surface area contributed by atoms with Crippen LogP contribution in [0.15, 0.2) is 24.3 Å². The number of carbonyl (C=O) groups excluding carboxylic acids is 1. The second-order valence-electron chi connectivity index (χ2n) is 4.81. The van der Waals surface area contributed by atoms with Crippen LogP contribution in [0.5, 0.6) is 0 Å². The second-order valence-corrected chi connectivity index (χ2v) is 4.81. The summed E-state index contributed by atoms with van der Waals surface area (Å²) in [6.45, 7) is 0.506. The molecule has 1 aliphatic rings. The van der Waals surface area contributed by atoms with E-state index in [9.17, 15) is 4.79 Å². The Balaban J connectivity index is 1.88. The molecular formula is C14H20N2O. The minimum atomic E-state index is 0.131. The molecule has 3 N–H and O–H groups in total. The molecule has 1 fully saturated rings. The maximum absolute atomic E-state index is 11.8. The molecule has 0 aliphatic heterocycles. The van der Waals surface area contributed by atoms with Crippen molar-refractivity contribution in [1.82, 2.24) is 0 Å². The van der Waals surface area contributed by atoms with Crippen molar-refractivity contribution >= 4 is 11.6 Å². The van der Waals surface area contributed by atoms with E-state index in [0.29, 0.717) is 18.9 Å². The molecule has 0 unspecified atom stereocenters. The fourth-order valence-electron chi connectivity index (χ4n) is 2.46. The topological polar surface area (TPSA) is 55.1 Å². The molecule has 0 atom stereocenters. The lowest BCUT2D eigenvalue weighted by Gasteiger charge is -2.10. The molecule has 0 heterocycles. The average molecular weight is 232 g/mol. The molecule has 3 heteroatoms. The van der Waals surface area contributed by atoms with Crippen molar-refractivity contribution in [2.24, 2.45) is 11.7 Å². The summed E-state index contributed by atoms with van der Waals surface area (Å²) >= 11 is 0. The van der Waals surface area contributed by atoms with E-state index in [-0.39, 0.29) is 5.91 Å². The summed E-state index contributed by atoms with van der Waals surface area (Å²) in [6, 6.07) is 7.73. The van der Waals surface area contributed by atoms with Gasteiger partial charge in [-0.2, -0.15) is 0 Å². The Morgan fingerprint density at radius 2 is 2.12 bits per heavy atom. The van der Waals surface area contributed by atoms with E-state index in [1.54, 1.807) is 0 Å². The summed E-state index contributed by atoms with van der Waals surface area (Å²) in [7, 11) is 0. The van der Waals surface area contributed by atoms with Gasteiger partial charge < -0.3 is 11.1 Å². The third kappa shape index (κ3) is 3.56. The zero-order chi connectivity index (χ0) is 12.1. The van der Waals surface area contributed by atoms with E-state index in [0.717, 1.165) is 11.3 Å². The number of hydrogen-bond donors (Lipinski definition) is 2. The molecule has 2 rings (SSSR count). The summed E-state index contributed by atoms with van der Waals surface area (Å²) < 4.78 is 0. The number of anilines is 1. The third-order valence-electron chi connectivity index (χ3n) is 3.40. The number of amides is 1. The lowest BCUT2D eigenvalue weighted by atomic mass is 10.0. The first kappa shape index (κ1) is 12.1. The van der Waals surface area contributed by atoms with Crippen LogP contribution in [0.1, 0.15) is 37.7 Å². The molecule has 1 saturated carbocycles. The lowest BCUT2D eigenvalue weighted by Crippen LogP contribution is -2.15. The number of rotatable bonds is 4. The second kappa shape index (κ2) is 5.82. The van der Waals surface area contributed by atoms with Crippen molar-refractivity contribution in [3.8, 4) is 0 Å². The number of nitrogens with two attached hydrogens (primary N) is 1. The third-order valence-corrected chi connectivity index (χ3v) is 3.40. The molecule has 17 heavy (non-hydrogen) atoms. The van der Waals surface area contributed by atoms with E-state index in [1.165, 1.54) is 25.7 Å². The number of nitrogens with one attached hydrogen (secondary N) is 1. The molecule has 1 aromatic carbocycles. The highest BCUT2D eigenvalue weighted by molar-refractivity contribution is 5.90. The molecule has 1 aliphatic carbocycles. The molecule has 3 nitrogen and oxygen atoms in total. The largest absolute Gasteiger partial charge is 0.326 e. The summed E-state index contributed by atoms with van der Waals surface area (Å²) in [6.07, 6.45) is 5.63. The van der Waals surface area contributed by atoms with Crippen LogP contribution in [0, 0.1) is 5.92 Å². The quantitative estimate of drug-likeness (QED) is 0.838. The van der Waals surface area contributed by atoms with Gasteiger partial charge in [-0.25, -0.2) is 0 Å². The van der Waals surface area contributed by atoms with Gasteiger partial charge in [-0.1, -0.05) is 25.0 Å². The number of hydrogen-bond acceptors (Lipinski definition) is 2. The Morgan fingerprint density at radius 1 is 1.35 bits per heavy atom. The van der Waals surface area contributed by atoms with Gasteiger partial charge in [-0.3, -0.25) is 4.79 Å². The SMILES string of the molecule is NCc1cccc(NC(=O)CC2CCCC2)c1. The van der Waals surface area contributed by atoms with Gasteiger partial charge in [0.05, 0.1) is 0 Å². The Kier molecular flexibility index (Phi) is 4.15. The molecule has 1 amide bonds. The molecule has 0 bridgehead atoms. The molecule has 1 aromatic rings. The molecular weight excluding hydrogens is 212 g/mol. The smallest absolute Gasteiger partial charge is 0.224 e. The van der Waals surface area contributed by atoms with Crippen molar-refractivity contribution < 1.29 is 4.79 Å². The molecule has 0 saturated heterocycles. The van der Waals surface area contributed by atoms with Crippen LogP contribution in [0.4, 0.5) is 5.69 Å². The molecule has 0 spiro atoms. The fourth-order valence-corrected chi connectivity index (χ4v) is 2.46. The van der Waals surface area contributed by atoms with Crippen LogP contribution >= 0.6 is 0 Å². The predicted octanol–water partition coefficient (Wildman–Crippen LogP) is 2.66. The van der Waals surface area contributed by atoms with Gasteiger partial charge in [-0.15, -0.1) is 0 Å². The normalized spacial score (nSPS) is 16.1. The highest BCUT2D eigenvalue weighted by atomic mass is 16.1. The van der Waals surface area contributed by atoms with Crippen molar-refractivity contribution in [1.29, 1.82) is 0 Å². The molecule has 92 valence electrons. The molecule has 0 aromatic heterocycles. The van der Waals surface area contributed by atoms with E-state index in [2.05, 4.69) is 5.32 Å². The Hall–Kier alpha value is -1.35.